The first kappa shape index (κ1) is 18.4. The standard InChI is InChI=1S/C19H30ClNO2/c1-15(12-20)13-21(2)14-19(9-5-6-10-19)16-7-8-17(22-3)18(11-16)23-4/h7-8,11,15H,5-6,9-10,12-14H2,1-4H3. The van der Waals surface area contributed by atoms with Crippen LogP contribution in [0.5, 0.6) is 11.5 Å². The molecule has 0 spiro atoms. The molecule has 1 aliphatic carbocycles. The number of alkyl halides is 1. The van der Waals surface area contributed by atoms with Crippen LogP contribution >= 0.6 is 11.6 Å². The lowest BCUT2D eigenvalue weighted by Crippen LogP contribution is -2.39. The van der Waals surface area contributed by atoms with Gasteiger partial charge in [0.15, 0.2) is 11.5 Å². The molecule has 23 heavy (non-hydrogen) atoms. The maximum absolute atomic E-state index is 5.98. The summed E-state index contributed by atoms with van der Waals surface area (Å²) in [6, 6.07) is 6.42. The van der Waals surface area contributed by atoms with Crippen molar-refractivity contribution >= 4 is 11.6 Å². The molecule has 0 heterocycles. The molecular formula is C19H30ClNO2. The Bertz CT molecular complexity index is 500. The van der Waals surface area contributed by atoms with Gasteiger partial charge in [0.05, 0.1) is 14.2 Å². The molecule has 0 saturated heterocycles. The smallest absolute Gasteiger partial charge is 0.161 e. The number of hydrogen-bond donors (Lipinski definition) is 0. The first-order valence-electron chi connectivity index (χ1n) is 8.51. The third kappa shape index (κ3) is 4.33. The van der Waals surface area contributed by atoms with Crippen molar-refractivity contribution in [3.63, 3.8) is 0 Å². The number of halogens is 1. The zero-order valence-corrected chi connectivity index (χ0v) is 15.7. The van der Waals surface area contributed by atoms with Gasteiger partial charge < -0.3 is 14.4 Å². The van der Waals surface area contributed by atoms with E-state index in [-0.39, 0.29) is 5.41 Å². The number of benzene rings is 1. The van der Waals surface area contributed by atoms with Crippen LogP contribution in [0.25, 0.3) is 0 Å². The number of rotatable bonds is 8. The van der Waals surface area contributed by atoms with E-state index in [9.17, 15) is 0 Å². The van der Waals surface area contributed by atoms with Crippen LogP contribution < -0.4 is 9.47 Å². The van der Waals surface area contributed by atoms with Crippen LogP contribution in [-0.2, 0) is 5.41 Å². The van der Waals surface area contributed by atoms with Crippen molar-refractivity contribution < 1.29 is 9.47 Å². The molecule has 1 unspecified atom stereocenters. The Kier molecular flexibility index (Phi) is 6.60. The lowest BCUT2D eigenvalue weighted by molar-refractivity contribution is 0.224. The molecule has 1 aromatic carbocycles. The van der Waals surface area contributed by atoms with E-state index in [0.717, 1.165) is 24.6 Å². The zero-order valence-electron chi connectivity index (χ0n) is 14.9. The van der Waals surface area contributed by atoms with Crippen molar-refractivity contribution in [2.45, 2.75) is 38.0 Å². The van der Waals surface area contributed by atoms with Crippen LogP contribution in [0.3, 0.4) is 0 Å². The highest BCUT2D eigenvalue weighted by atomic mass is 35.5. The van der Waals surface area contributed by atoms with Crippen molar-refractivity contribution in [3.05, 3.63) is 23.8 Å². The van der Waals surface area contributed by atoms with E-state index in [1.165, 1.54) is 31.2 Å². The molecule has 1 aromatic rings. The summed E-state index contributed by atoms with van der Waals surface area (Å²) in [4.78, 5) is 2.44. The van der Waals surface area contributed by atoms with Crippen molar-refractivity contribution in [3.8, 4) is 11.5 Å². The van der Waals surface area contributed by atoms with Gasteiger partial charge in [0.1, 0.15) is 0 Å². The molecule has 0 amide bonds. The first-order chi connectivity index (χ1) is 11.0. The summed E-state index contributed by atoms with van der Waals surface area (Å²) < 4.78 is 10.9. The number of nitrogens with zero attached hydrogens (tertiary/aromatic N) is 1. The molecule has 0 N–H and O–H groups in total. The summed E-state index contributed by atoms with van der Waals surface area (Å²) in [6.45, 7) is 4.32. The summed E-state index contributed by atoms with van der Waals surface area (Å²) in [6.07, 6.45) is 5.07. The average molecular weight is 340 g/mol. The highest BCUT2D eigenvalue weighted by molar-refractivity contribution is 6.18. The fourth-order valence-electron chi connectivity index (χ4n) is 3.92. The summed E-state index contributed by atoms with van der Waals surface area (Å²) in [5.41, 5.74) is 1.60. The second kappa shape index (κ2) is 8.25. The van der Waals surface area contributed by atoms with Crippen LogP contribution in [0.1, 0.15) is 38.2 Å². The van der Waals surface area contributed by atoms with Gasteiger partial charge in [-0.15, -0.1) is 11.6 Å². The van der Waals surface area contributed by atoms with Gasteiger partial charge in [0, 0.05) is 24.4 Å². The topological polar surface area (TPSA) is 21.7 Å². The van der Waals surface area contributed by atoms with E-state index in [4.69, 9.17) is 21.1 Å². The van der Waals surface area contributed by atoms with Crippen LogP contribution in [0.15, 0.2) is 18.2 Å². The molecule has 3 nitrogen and oxygen atoms in total. The fraction of sp³-hybridized carbons (Fsp3) is 0.684. The minimum Gasteiger partial charge on any atom is -0.493 e. The average Bonchev–Trinajstić information content (AvgIpc) is 3.03. The van der Waals surface area contributed by atoms with Crippen molar-refractivity contribution in [2.24, 2.45) is 5.92 Å². The van der Waals surface area contributed by atoms with Gasteiger partial charge >= 0.3 is 0 Å². The number of ether oxygens (including phenoxy) is 2. The van der Waals surface area contributed by atoms with E-state index in [2.05, 4.69) is 31.0 Å². The molecular weight excluding hydrogens is 310 g/mol. The summed E-state index contributed by atoms with van der Waals surface area (Å²) >= 11 is 5.98. The Morgan fingerprint density at radius 1 is 1.17 bits per heavy atom. The molecule has 0 aliphatic heterocycles. The summed E-state index contributed by atoms with van der Waals surface area (Å²) in [7, 11) is 5.60. The maximum atomic E-state index is 5.98. The number of hydrogen-bond acceptors (Lipinski definition) is 3. The quantitative estimate of drug-likeness (QED) is 0.658. The van der Waals surface area contributed by atoms with Gasteiger partial charge in [-0.05, 0) is 43.5 Å². The van der Waals surface area contributed by atoms with E-state index in [1.807, 2.05) is 6.07 Å². The van der Waals surface area contributed by atoms with Gasteiger partial charge in [0.25, 0.3) is 0 Å². The second-order valence-electron chi connectivity index (χ2n) is 7.01. The van der Waals surface area contributed by atoms with Crippen molar-refractivity contribution in [1.29, 1.82) is 0 Å². The SMILES string of the molecule is COc1ccc(C2(CN(C)CC(C)CCl)CCCC2)cc1OC. The maximum Gasteiger partial charge on any atom is 0.161 e. The minimum atomic E-state index is 0.223. The van der Waals surface area contributed by atoms with Gasteiger partial charge in [-0.2, -0.15) is 0 Å². The largest absolute Gasteiger partial charge is 0.493 e. The molecule has 0 aromatic heterocycles. The molecule has 1 fully saturated rings. The van der Waals surface area contributed by atoms with Gasteiger partial charge in [-0.25, -0.2) is 0 Å². The lowest BCUT2D eigenvalue weighted by Gasteiger charge is -2.35. The predicted molar refractivity (Wildman–Crippen MR) is 97.1 cm³/mol. The normalized spacial score (nSPS) is 18.2. The van der Waals surface area contributed by atoms with E-state index in [0.29, 0.717) is 11.8 Å². The van der Waals surface area contributed by atoms with Crippen LogP contribution in [0.4, 0.5) is 0 Å². The first-order valence-corrected chi connectivity index (χ1v) is 9.05. The highest BCUT2D eigenvalue weighted by Crippen LogP contribution is 2.44. The third-order valence-corrected chi connectivity index (χ3v) is 5.54. The number of methoxy groups -OCH3 is 2. The minimum absolute atomic E-state index is 0.223. The zero-order chi connectivity index (χ0) is 16.9. The lowest BCUT2D eigenvalue weighted by atomic mass is 9.78. The second-order valence-corrected chi connectivity index (χ2v) is 7.32. The van der Waals surface area contributed by atoms with Crippen LogP contribution in [0, 0.1) is 5.92 Å². The van der Waals surface area contributed by atoms with E-state index < -0.39 is 0 Å². The molecule has 1 saturated carbocycles. The van der Waals surface area contributed by atoms with E-state index >= 15 is 0 Å². The van der Waals surface area contributed by atoms with Crippen molar-refractivity contribution in [2.75, 3.05) is 40.2 Å². The van der Waals surface area contributed by atoms with E-state index in [1.54, 1.807) is 14.2 Å². The number of likely N-dealkylation sites (N-methyl/N-ethyl adjacent to an activating group) is 1. The van der Waals surface area contributed by atoms with Gasteiger partial charge in [-0.1, -0.05) is 25.8 Å². The third-order valence-electron chi connectivity index (χ3n) is 5.02. The molecule has 0 bridgehead atoms. The predicted octanol–water partition coefficient (Wildman–Crippen LogP) is 4.32. The fourth-order valence-corrected chi connectivity index (χ4v) is 4.02. The Labute approximate surface area is 145 Å². The molecule has 0 radical (unpaired) electrons. The van der Waals surface area contributed by atoms with Crippen LogP contribution in [0.2, 0.25) is 0 Å². The Hall–Kier alpha value is -0.930. The highest BCUT2D eigenvalue weighted by Gasteiger charge is 2.37. The Morgan fingerprint density at radius 3 is 2.39 bits per heavy atom. The summed E-state index contributed by atoms with van der Waals surface area (Å²) in [5.74, 6) is 2.86. The summed E-state index contributed by atoms with van der Waals surface area (Å²) in [5, 5.41) is 0. The van der Waals surface area contributed by atoms with Gasteiger partial charge in [-0.3, -0.25) is 0 Å². The molecule has 130 valence electrons. The van der Waals surface area contributed by atoms with Crippen molar-refractivity contribution in [1.82, 2.24) is 4.90 Å². The Morgan fingerprint density at radius 2 is 1.83 bits per heavy atom. The van der Waals surface area contributed by atoms with Gasteiger partial charge in [0.2, 0.25) is 0 Å². The Balaban J connectivity index is 2.23. The molecule has 2 rings (SSSR count). The van der Waals surface area contributed by atoms with Crippen LogP contribution in [-0.4, -0.2) is 45.1 Å². The molecule has 1 atom stereocenters. The monoisotopic (exact) mass is 339 g/mol. The molecule has 1 aliphatic rings. The molecule has 4 heteroatoms.